The van der Waals surface area contributed by atoms with Crippen molar-refractivity contribution in [2.24, 2.45) is 0 Å². The Labute approximate surface area is 206 Å². The van der Waals surface area contributed by atoms with Crippen molar-refractivity contribution in [3.05, 3.63) is 80.6 Å². The molecule has 2 aromatic heterocycles. The van der Waals surface area contributed by atoms with Gasteiger partial charge in [0.15, 0.2) is 0 Å². The monoisotopic (exact) mass is 492 g/mol. The number of rotatable bonds is 6. The van der Waals surface area contributed by atoms with Gasteiger partial charge in [0.05, 0.1) is 23.1 Å². The molecule has 0 spiro atoms. The maximum Gasteiger partial charge on any atom is 0.267 e. The van der Waals surface area contributed by atoms with Gasteiger partial charge >= 0.3 is 0 Å². The molecule has 0 bridgehead atoms. The largest absolute Gasteiger partial charge is 0.376 e. The van der Waals surface area contributed by atoms with Crippen LogP contribution in [-0.4, -0.2) is 43.8 Å². The minimum atomic E-state index is -0.249. The van der Waals surface area contributed by atoms with Gasteiger partial charge in [0.25, 0.3) is 11.5 Å². The summed E-state index contributed by atoms with van der Waals surface area (Å²) in [6.45, 7) is 3.69. The van der Waals surface area contributed by atoms with Gasteiger partial charge in [0.1, 0.15) is 15.8 Å². The molecule has 4 heterocycles. The molecule has 34 heavy (non-hydrogen) atoms. The summed E-state index contributed by atoms with van der Waals surface area (Å²) < 4.78 is 7.64. The molecule has 2 fully saturated rings. The van der Waals surface area contributed by atoms with Crippen LogP contribution in [0.1, 0.15) is 29.5 Å². The van der Waals surface area contributed by atoms with E-state index in [1.54, 1.807) is 29.3 Å². The summed E-state index contributed by atoms with van der Waals surface area (Å²) >= 11 is 6.68. The molecule has 5 rings (SSSR count). The van der Waals surface area contributed by atoms with Crippen molar-refractivity contribution in [3.8, 4) is 0 Å². The average molecular weight is 493 g/mol. The summed E-state index contributed by atoms with van der Waals surface area (Å²) in [6, 6.07) is 13.5. The molecule has 9 heteroatoms. The average Bonchev–Trinajstić information content (AvgIpc) is 3.45. The van der Waals surface area contributed by atoms with E-state index in [-0.39, 0.29) is 17.6 Å². The lowest BCUT2D eigenvalue weighted by Crippen LogP contribution is -2.35. The summed E-state index contributed by atoms with van der Waals surface area (Å²) in [5.74, 6) is 0.230. The Balaban J connectivity index is 1.49. The van der Waals surface area contributed by atoms with E-state index in [0.717, 1.165) is 18.4 Å². The molecule has 7 nitrogen and oxygen atoms in total. The van der Waals surface area contributed by atoms with Crippen LogP contribution in [0.5, 0.6) is 0 Å². The second-order valence-corrected chi connectivity index (χ2v) is 10.1. The van der Waals surface area contributed by atoms with Crippen molar-refractivity contribution < 1.29 is 9.53 Å². The molecule has 2 aliphatic rings. The fourth-order valence-electron chi connectivity index (χ4n) is 4.04. The smallest absolute Gasteiger partial charge is 0.267 e. The molecule has 0 saturated carbocycles. The standard InChI is InChI=1S/C25H24N4O3S2/c1-16-7-9-17(10-8-16)14-26-22-19(23(30)28-11-3-2-6-21(28)27-22)13-20-24(31)29(25(33)34-20)15-18-5-4-12-32-18/h2-3,6-11,13,18,26H,4-5,12,14-15H2,1H3/b20-13+/t18-/m0/s1. The highest BCUT2D eigenvalue weighted by Gasteiger charge is 2.35. The number of thioether (sulfide) groups is 1. The van der Waals surface area contributed by atoms with Crippen LogP contribution in [0.4, 0.5) is 5.82 Å². The van der Waals surface area contributed by atoms with E-state index in [4.69, 9.17) is 17.0 Å². The quantitative estimate of drug-likeness (QED) is 0.412. The Morgan fingerprint density at radius 2 is 2.06 bits per heavy atom. The number of amides is 1. The highest BCUT2D eigenvalue weighted by Crippen LogP contribution is 2.34. The van der Waals surface area contributed by atoms with Gasteiger partial charge in [0, 0.05) is 19.3 Å². The van der Waals surface area contributed by atoms with Gasteiger partial charge in [0.2, 0.25) is 0 Å². The van der Waals surface area contributed by atoms with Gasteiger partial charge in [-0.2, -0.15) is 0 Å². The molecule has 2 saturated heterocycles. The maximum absolute atomic E-state index is 13.4. The number of benzene rings is 1. The molecule has 0 aliphatic carbocycles. The third-order valence-electron chi connectivity index (χ3n) is 5.91. The SMILES string of the molecule is Cc1ccc(CNc2nc3ccccn3c(=O)c2/C=C2/SC(=S)N(C[C@@H]3CCCO3)C2=O)cc1. The first kappa shape index (κ1) is 22.8. The number of carbonyl (C=O) groups excluding carboxylic acids is 1. The zero-order valence-corrected chi connectivity index (χ0v) is 20.3. The number of aryl methyl sites for hydroxylation is 1. The Kier molecular flexibility index (Phi) is 6.49. The van der Waals surface area contributed by atoms with Crippen LogP contribution in [0.3, 0.4) is 0 Å². The first-order valence-electron chi connectivity index (χ1n) is 11.2. The molecule has 1 atom stereocenters. The number of aromatic nitrogens is 2. The van der Waals surface area contributed by atoms with Crippen molar-refractivity contribution >= 4 is 51.7 Å². The number of ether oxygens (including phenoxy) is 1. The van der Waals surface area contributed by atoms with E-state index in [1.807, 2.05) is 37.3 Å². The van der Waals surface area contributed by atoms with Crippen LogP contribution in [0.2, 0.25) is 0 Å². The second-order valence-electron chi connectivity index (χ2n) is 8.37. The lowest BCUT2D eigenvalue weighted by Gasteiger charge is -2.18. The van der Waals surface area contributed by atoms with Gasteiger partial charge in [-0.3, -0.25) is 18.9 Å². The van der Waals surface area contributed by atoms with Crippen molar-refractivity contribution in [3.63, 3.8) is 0 Å². The molecule has 1 N–H and O–H groups in total. The zero-order valence-electron chi connectivity index (χ0n) is 18.7. The summed E-state index contributed by atoms with van der Waals surface area (Å²) in [7, 11) is 0. The van der Waals surface area contributed by atoms with Crippen LogP contribution in [0.25, 0.3) is 11.7 Å². The predicted molar refractivity (Wildman–Crippen MR) is 139 cm³/mol. The van der Waals surface area contributed by atoms with Crippen LogP contribution in [0.15, 0.2) is 58.4 Å². The molecule has 174 valence electrons. The third kappa shape index (κ3) is 4.64. The topological polar surface area (TPSA) is 75.9 Å². The number of hydrogen-bond acceptors (Lipinski definition) is 7. The Morgan fingerprint density at radius 3 is 2.82 bits per heavy atom. The summed E-state index contributed by atoms with van der Waals surface area (Å²) in [6.07, 6.45) is 5.20. The van der Waals surface area contributed by atoms with Crippen molar-refractivity contribution in [2.45, 2.75) is 32.4 Å². The van der Waals surface area contributed by atoms with E-state index in [1.165, 1.54) is 21.7 Å². The number of fused-ring (bicyclic) bond motifs is 1. The van der Waals surface area contributed by atoms with E-state index >= 15 is 0 Å². The van der Waals surface area contributed by atoms with E-state index in [9.17, 15) is 9.59 Å². The number of pyridine rings is 1. The normalized spacial score (nSPS) is 19.5. The minimum Gasteiger partial charge on any atom is -0.376 e. The number of carbonyl (C=O) groups is 1. The van der Waals surface area contributed by atoms with Gasteiger partial charge in [-0.05, 0) is 43.5 Å². The molecular formula is C25H24N4O3S2. The highest BCUT2D eigenvalue weighted by atomic mass is 32.2. The predicted octanol–water partition coefficient (Wildman–Crippen LogP) is 4.00. The molecular weight excluding hydrogens is 468 g/mol. The lowest BCUT2D eigenvalue weighted by molar-refractivity contribution is -0.123. The fraction of sp³-hybridized carbons (Fsp3) is 0.280. The van der Waals surface area contributed by atoms with E-state index in [0.29, 0.717) is 46.0 Å². The van der Waals surface area contributed by atoms with Crippen LogP contribution in [0, 0.1) is 6.92 Å². The second kappa shape index (κ2) is 9.69. The Bertz CT molecular complexity index is 1340. The molecule has 2 aliphatic heterocycles. The first-order valence-corrected chi connectivity index (χ1v) is 12.4. The number of thiocarbonyl (C=S) groups is 1. The van der Waals surface area contributed by atoms with E-state index < -0.39 is 0 Å². The summed E-state index contributed by atoms with van der Waals surface area (Å²) in [5.41, 5.74) is 2.85. The van der Waals surface area contributed by atoms with Gasteiger partial charge in [-0.25, -0.2) is 4.98 Å². The number of hydrogen-bond donors (Lipinski definition) is 1. The lowest BCUT2D eigenvalue weighted by atomic mass is 10.1. The molecule has 0 radical (unpaired) electrons. The van der Waals surface area contributed by atoms with Crippen molar-refractivity contribution in [2.75, 3.05) is 18.5 Å². The number of anilines is 1. The van der Waals surface area contributed by atoms with Gasteiger partial charge in [-0.1, -0.05) is 59.9 Å². The van der Waals surface area contributed by atoms with Crippen LogP contribution < -0.4 is 10.9 Å². The van der Waals surface area contributed by atoms with Gasteiger partial charge in [-0.15, -0.1) is 0 Å². The number of nitrogens with one attached hydrogen (secondary N) is 1. The summed E-state index contributed by atoms with van der Waals surface area (Å²) in [4.78, 5) is 33.2. The minimum absolute atomic E-state index is 0.00143. The third-order valence-corrected chi connectivity index (χ3v) is 7.29. The number of nitrogens with zero attached hydrogens (tertiary/aromatic N) is 3. The van der Waals surface area contributed by atoms with E-state index in [2.05, 4.69) is 10.3 Å². The summed E-state index contributed by atoms with van der Waals surface area (Å²) in [5, 5.41) is 3.30. The Hall–Kier alpha value is -3.01. The molecule has 1 aromatic carbocycles. The van der Waals surface area contributed by atoms with Crippen LogP contribution in [-0.2, 0) is 16.1 Å². The highest BCUT2D eigenvalue weighted by molar-refractivity contribution is 8.26. The van der Waals surface area contributed by atoms with Crippen molar-refractivity contribution in [1.82, 2.24) is 14.3 Å². The van der Waals surface area contributed by atoms with Crippen LogP contribution >= 0.6 is 24.0 Å². The maximum atomic E-state index is 13.4. The molecule has 1 amide bonds. The zero-order chi connectivity index (χ0) is 23.7. The molecule has 0 unspecified atom stereocenters. The fourth-order valence-corrected chi connectivity index (χ4v) is 5.30. The Morgan fingerprint density at radius 1 is 1.24 bits per heavy atom. The first-order chi connectivity index (χ1) is 16.5. The van der Waals surface area contributed by atoms with Gasteiger partial charge < -0.3 is 10.1 Å². The molecule has 3 aromatic rings. The van der Waals surface area contributed by atoms with Crippen molar-refractivity contribution in [1.29, 1.82) is 0 Å².